The van der Waals surface area contributed by atoms with Crippen LogP contribution in [0.25, 0.3) is 0 Å². The van der Waals surface area contributed by atoms with Crippen molar-refractivity contribution >= 4 is 12.4 Å². The molecule has 1 aromatic heterocycles. The Morgan fingerprint density at radius 3 is 2.27 bits per heavy atom. The fourth-order valence-electron chi connectivity index (χ4n) is 0.710. The molecule has 0 spiro atoms. The summed E-state index contributed by atoms with van der Waals surface area (Å²) in [7, 11) is 1.97. The molecule has 0 aliphatic carbocycles. The fraction of sp³-hybridized carbons (Fsp3) is 0.500. The number of imidazole rings is 1. The van der Waals surface area contributed by atoms with E-state index < -0.39 is 0 Å². The number of halogens is 2. The Morgan fingerprint density at radius 2 is 2.09 bits per heavy atom. The van der Waals surface area contributed by atoms with Gasteiger partial charge in [-0.3, -0.25) is 5.73 Å². The lowest BCUT2D eigenvalue weighted by Gasteiger charge is -1.96. The van der Waals surface area contributed by atoms with E-state index in [0.29, 0.717) is 0 Å². The highest BCUT2D eigenvalue weighted by Gasteiger charge is 2.02. The van der Waals surface area contributed by atoms with Crippen LogP contribution in [0.4, 0.5) is 0 Å². The van der Waals surface area contributed by atoms with Crippen molar-refractivity contribution < 1.29 is 17.0 Å². The zero-order chi connectivity index (χ0) is 6.85. The maximum Gasteiger partial charge on any atom is 0.244 e. The van der Waals surface area contributed by atoms with Crippen molar-refractivity contribution in [2.75, 3.05) is 0 Å². The average Bonchev–Trinajstić information content (AvgIpc) is 2.14. The maximum atomic E-state index is 5.58. The second kappa shape index (κ2) is 5.41. The van der Waals surface area contributed by atoms with E-state index in [1.807, 2.05) is 41.8 Å². The molecule has 0 aliphatic heterocycles. The monoisotopic (exact) mass is 197 g/mol. The fourth-order valence-corrected chi connectivity index (χ4v) is 0.710. The van der Waals surface area contributed by atoms with Crippen LogP contribution in [-0.2, 0) is 7.05 Å². The van der Waals surface area contributed by atoms with E-state index in [2.05, 4.69) is 0 Å². The van der Waals surface area contributed by atoms with Crippen LogP contribution in [0.5, 0.6) is 0 Å². The molecule has 1 unspecified atom stereocenters. The van der Waals surface area contributed by atoms with Gasteiger partial charge in [0.15, 0.2) is 0 Å². The lowest BCUT2D eigenvalue weighted by atomic mass is 10.6. The summed E-state index contributed by atoms with van der Waals surface area (Å²) in [6.45, 7) is 1.94. The summed E-state index contributed by atoms with van der Waals surface area (Å²) in [5, 5.41) is 0. The lowest BCUT2D eigenvalue weighted by molar-refractivity contribution is -0.671. The number of rotatable bonds is 1. The molecule has 0 aliphatic rings. The summed E-state index contributed by atoms with van der Waals surface area (Å²) in [6.07, 6.45) is 5.94. The van der Waals surface area contributed by atoms with Crippen molar-refractivity contribution in [2.24, 2.45) is 12.8 Å². The normalized spacial score (nSPS) is 11.2. The molecule has 3 nitrogen and oxygen atoms in total. The second-order valence-electron chi connectivity index (χ2n) is 2.27. The van der Waals surface area contributed by atoms with E-state index in [0.717, 1.165) is 0 Å². The lowest BCUT2D eigenvalue weighted by Crippen LogP contribution is -3.00. The number of aromatic nitrogens is 2. The van der Waals surface area contributed by atoms with E-state index in [4.69, 9.17) is 5.73 Å². The molecule has 2 N–H and O–H groups in total. The third-order valence-corrected chi connectivity index (χ3v) is 1.26. The van der Waals surface area contributed by atoms with Crippen molar-refractivity contribution in [1.29, 1.82) is 0 Å². The van der Waals surface area contributed by atoms with Gasteiger partial charge in [-0.05, 0) is 6.92 Å². The summed E-state index contributed by atoms with van der Waals surface area (Å²) in [6, 6.07) is 0. The highest BCUT2D eigenvalue weighted by Crippen LogP contribution is 1.91. The van der Waals surface area contributed by atoms with Crippen LogP contribution in [0.1, 0.15) is 13.1 Å². The van der Waals surface area contributed by atoms with Crippen LogP contribution in [0, 0.1) is 0 Å². The molecule has 66 valence electrons. The van der Waals surface area contributed by atoms with Gasteiger partial charge in [0.25, 0.3) is 0 Å². The van der Waals surface area contributed by atoms with E-state index in [1.165, 1.54) is 0 Å². The number of hydrogen-bond donors (Lipinski definition) is 1. The summed E-state index contributed by atoms with van der Waals surface area (Å²) < 4.78 is 3.91. The molecule has 5 heteroatoms. The minimum atomic E-state index is 0. The molecule has 0 bridgehead atoms. The Balaban J connectivity index is 0. The number of aryl methyl sites for hydroxylation is 1. The predicted molar refractivity (Wildman–Crippen MR) is 41.8 cm³/mol. The molecule has 0 amide bonds. The molecule has 1 rings (SSSR count). The van der Waals surface area contributed by atoms with Gasteiger partial charge in [-0.25, -0.2) is 9.13 Å². The van der Waals surface area contributed by atoms with Crippen LogP contribution in [0.2, 0.25) is 0 Å². The molecule has 1 heterocycles. The van der Waals surface area contributed by atoms with Crippen LogP contribution < -0.4 is 22.7 Å². The first kappa shape index (κ1) is 13.3. The molecule has 11 heavy (non-hydrogen) atoms. The van der Waals surface area contributed by atoms with Crippen molar-refractivity contribution in [3.63, 3.8) is 0 Å². The molecular formula is C6H13Cl2N3. The smallest absolute Gasteiger partial charge is 0.244 e. The molecule has 0 saturated carbocycles. The van der Waals surface area contributed by atoms with Crippen LogP contribution in [-0.4, -0.2) is 4.57 Å². The maximum absolute atomic E-state index is 5.58. The zero-order valence-corrected chi connectivity index (χ0v) is 8.14. The minimum absolute atomic E-state index is 0. The molecule has 0 fully saturated rings. The SMILES string of the molecule is CC(N)n1cc[n+](C)c1.Cl.[Cl-]. The van der Waals surface area contributed by atoms with E-state index in [9.17, 15) is 0 Å². The third kappa shape index (κ3) is 3.60. The van der Waals surface area contributed by atoms with Crippen molar-refractivity contribution in [3.8, 4) is 0 Å². The average molecular weight is 198 g/mol. The Bertz CT molecular complexity index is 197. The van der Waals surface area contributed by atoms with Gasteiger partial charge in [0.2, 0.25) is 6.33 Å². The molecule has 0 saturated heterocycles. The zero-order valence-electron chi connectivity index (χ0n) is 6.57. The summed E-state index contributed by atoms with van der Waals surface area (Å²) in [5.41, 5.74) is 5.58. The van der Waals surface area contributed by atoms with Gasteiger partial charge in [0.1, 0.15) is 18.6 Å². The Kier molecular flexibility index (Phi) is 6.56. The highest BCUT2D eigenvalue weighted by molar-refractivity contribution is 5.85. The highest BCUT2D eigenvalue weighted by atomic mass is 35.5. The molecule has 0 radical (unpaired) electrons. The van der Waals surface area contributed by atoms with Crippen LogP contribution >= 0.6 is 12.4 Å². The van der Waals surface area contributed by atoms with Gasteiger partial charge in [0.05, 0.1) is 7.05 Å². The molecule has 1 aromatic rings. The second-order valence-corrected chi connectivity index (χ2v) is 2.27. The topological polar surface area (TPSA) is 34.8 Å². The Hall–Kier alpha value is -0.250. The van der Waals surface area contributed by atoms with E-state index in [1.54, 1.807) is 0 Å². The van der Waals surface area contributed by atoms with Gasteiger partial charge in [-0.15, -0.1) is 12.4 Å². The van der Waals surface area contributed by atoms with Gasteiger partial charge >= 0.3 is 0 Å². The minimum Gasteiger partial charge on any atom is -1.00 e. The van der Waals surface area contributed by atoms with Gasteiger partial charge in [-0.1, -0.05) is 0 Å². The van der Waals surface area contributed by atoms with E-state index in [-0.39, 0.29) is 31.0 Å². The van der Waals surface area contributed by atoms with Crippen LogP contribution in [0.3, 0.4) is 0 Å². The van der Waals surface area contributed by atoms with Gasteiger partial charge in [-0.2, -0.15) is 0 Å². The third-order valence-electron chi connectivity index (χ3n) is 1.26. The Labute approximate surface area is 79.0 Å². The predicted octanol–water partition coefficient (Wildman–Crippen LogP) is -2.78. The molecular weight excluding hydrogens is 185 g/mol. The first-order valence-corrected chi connectivity index (χ1v) is 2.98. The van der Waals surface area contributed by atoms with E-state index >= 15 is 0 Å². The molecule has 1 atom stereocenters. The van der Waals surface area contributed by atoms with Crippen molar-refractivity contribution in [2.45, 2.75) is 13.1 Å². The van der Waals surface area contributed by atoms with Gasteiger partial charge in [0, 0.05) is 0 Å². The quantitative estimate of drug-likeness (QED) is 0.486. The Morgan fingerprint density at radius 1 is 1.55 bits per heavy atom. The number of nitrogens with two attached hydrogens (primary N) is 1. The standard InChI is InChI=1S/C6H12N3.2ClH/c1-6(7)9-4-3-8(2)5-9;;/h3-6H,7H2,1-2H3;2*1H/q+1;;/p-1. The number of nitrogens with zero attached hydrogens (tertiary/aromatic N) is 2. The first-order valence-electron chi connectivity index (χ1n) is 2.98. The van der Waals surface area contributed by atoms with Crippen molar-refractivity contribution in [1.82, 2.24) is 4.57 Å². The number of hydrogen-bond acceptors (Lipinski definition) is 1. The van der Waals surface area contributed by atoms with Crippen LogP contribution in [0.15, 0.2) is 18.7 Å². The molecule has 0 aromatic carbocycles. The summed E-state index contributed by atoms with van der Waals surface area (Å²) >= 11 is 0. The first-order chi connectivity index (χ1) is 4.20. The summed E-state index contributed by atoms with van der Waals surface area (Å²) in [5.74, 6) is 0. The largest absolute Gasteiger partial charge is 1.00 e. The van der Waals surface area contributed by atoms with Crippen molar-refractivity contribution in [3.05, 3.63) is 18.7 Å². The van der Waals surface area contributed by atoms with Gasteiger partial charge < -0.3 is 12.4 Å². The summed E-state index contributed by atoms with van der Waals surface area (Å²) in [4.78, 5) is 0.